The van der Waals surface area contributed by atoms with Crippen LogP contribution in [-0.2, 0) is 4.79 Å². The van der Waals surface area contributed by atoms with Crippen LogP contribution in [0.25, 0.3) is 0 Å². The lowest BCUT2D eigenvalue weighted by Crippen LogP contribution is -2.24. The highest BCUT2D eigenvalue weighted by molar-refractivity contribution is 9.10. The summed E-state index contributed by atoms with van der Waals surface area (Å²) in [5.41, 5.74) is 0.681. The van der Waals surface area contributed by atoms with Crippen LogP contribution in [0.15, 0.2) is 28.7 Å². The molecule has 0 saturated carbocycles. The first-order valence-corrected chi connectivity index (χ1v) is 9.14. The number of hydrogen-bond donors (Lipinski definition) is 2. The number of carbonyl (C=O) groups excluding carboxylic acids is 1. The van der Waals surface area contributed by atoms with Gasteiger partial charge in [-0.2, -0.15) is 0 Å². The first-order valence-electron chi connectivity index (χ1n) is 8.35. The van der Waals surface area contributed by atoms with Crippen LogP contribution in [0.4, 0.5) is 0 Å². The first kappa shape index (κ1) is 19.7. The van der Waals surface area contributed by atoms with Crippen molar-refractivity contribution < 1.29 is 14.7 Å². The molecule has 1 amide bonds. The fourth-order valence-corrected chi connectivity index (χ4v) is 2.79. The summed E-state index contributed by atoms with van der Waals surface area (Å²) in [6.45, 7) is 0.712. The van der Waals surface area contributed by atoms with Crippen LogP contribution in [0.3, 0.4) is 0 Å². The second kappa shape index (κ2) is 12.1. The molecule has 0 atom stereocenters. The van der Waals surface area contributed by atoms with Gasteiger partial charge in [-0.25, -0.2) is 0 Å². The number of carbonyl (C=O) groups is 2. The average molecular weight is 384 g/mol. The number of benzene rings is 1. The summed E-state index contributed by atoms with van der Waals surface area (Å²) in [5, 5.41) is 11.5. The fraction of sp³-hybridized carbons (Fsp3) is 0.556. The van der Waals surface area contributed by atoms with Crippen LogP contribution in [0, 0.1) is 0 Å². The predicted molar refractivity (Wildman–Crippen MR) is 95.7 cm³/mol. The third-order valence-corrected chi connectivity index (χ3v) is 4.18. The molecule has 23 heavy (non-hydrogen) atoms. The van der Waals surface area contributed by atoms with Crippen molar-refractivity contribution in [1.82, 2.24) is 5.32 Å². The SMILES string of the molecule is O=C(O)CCCCCCCCCCNC(=O)c1cccc(Br)c1. The van der Waals surface area contributed by atoms with E-state index in [4.69, 9.17) is 5.11 Å². The Morgan fingerprint density at radius 3 is 2.17 bits per heavy atom. The van der Waals surface area contributed by atoms with E-state index in [1.54, 1.807) is 0 Å². The molecule has 0 unspecified atom stereocenters. The van der Waals surface area contributed by atoms with Crippen LogP contribution in [0.5, 0.6) is 0 Å². The van der Waals surface area contributed by atoms with E-state index in [1.165, 1.54) is 19.3 Å². The second-order valence-electron chi connectivity index (χ2n) is 5.74. The van der Waals surface area contributed by atoms with E-state index in [0.29, 0.717) is 12.1 Å². The highest BCUT2D eigenvalue weighted by Crippen LogP contribution is 2.12. The molecule has 0 aliphatic rings. The molecule has 0 aliphatic heterocycles. The number of nitrogens with one attached hydrogen (secondary N) is 1. The minimum atomic E-state index is -0.699. The molecule has 1 aromatic rings. The Kier molecular flexibility index (Phi) is 10.4. The maximum absolute atomic E-state index is 11.9. The zero-order valence-corrected chi connectivity index (χ0v) is 15.1. The van der Waals surface area contributed by atoms with Crippen LogP contribution in [0.1, 0.15) is 68.1 Å². The van der Waals surface area contributed by atoms with Gasteiger partial charge in [-0.1, -0.05) is 60.5 Å². The molecule has 0 saturated heterocycles. The van der Waals surface area contributed by atoms with Gasteiger partial charge in [0.2, 0.25) is 0 Å². The largest absolute Gasteiger partial charge is 0.481 e. The van der Waals surface area contributed by atoms with Gasteiger partial charge in [0.1, 0.15) is 0 Å². The molecule has 4 nitrogen and oxygen atoms in total. The van der Waals surface area contributed by atoms with E-state index in [9.17, 15) is 9.59 Å². The van der Waals surface area contributed by atoms with Gasteiger partial charge in [0.05, 0.1) is 0 Å². The number of carboxylic acids is 1. The third-order valence-electron chi connectivity index (χ3n) is 3.69. The first-order chi connectivity index (χ1) is 11.1. The number of halogens is 1. The molecule has 5 heteroatoms. The van der Waals surface area contributed by atoms with E-state index in [-0.39, 0.29) is 12.3 Å². The second-order valence-corrected chi connectivity index (χ2v) is 6.65. The van der Waals surface area contributed by atoms with E-state index in [0.717, 1.165) is 36.6 Å². The molecule has 1 rings (SSSR count). The zero-order valence-electron chi connectivity index (χ0n) is 13.5. The highest BCUT2D eigenvalue weighted by Gasteiger charge is 2.04. The molecule has 0 fully saturated rings. The number of rotatable bonds is 12. The summed E-state index contributed by atoms with van der Waals surface area (Å²) >= 11 is 3.36. The number of aliphatic carboxylic acids is 1. The quantitative estimate of drug-likeness (QED) is 0.510. The minimum Gasteiger partial charge on any atom is -0.481 e. The van der Waals surface area contributed by atoms with Crippen molar-refractivity contribution in [3.8, 4) is 0 Å². The van der Waals surface area contributed by atoms with E-state index in [1.807, 2.05) is 24.3 Å². The lowest BCUT2D eigenvalue weighted by Gasteiger charge is -2.06. The maximum atomic E-state index is 11.9. The Morgan fingerprint density at radius 2 is 1.57 bits per heavy atom. The average Bonchev–Trinajstić information content (AvgIpc) is 2.52. The van der Waals surface area contributed by atoms with Crippen molar-refractivity contribution >= 4 is 27.8 Å². The van der Waals surface area contributed by atoms with Crippen LogP contribution in [0.2, 0.25) is 0 Å². The fourth-order valence-electron chi connectivity index (χ4n) is 2.40. The van der Waals surface area contributed by atoms with Crippen LogP contribution < -0.4 is 5.32 Å². The number of unbranched alkanes of at least 4 members (excludes halogenated alkanes) is 7. The zero-order chi connectivity index (χ0) is 16.9. The maximum Gasteiger partial charge on any atom is 0.303 e. The Morgan fingerprint density at radius 1 is 0.957 bits per heavy atom. The van der Waals surface area contributed by atoms with Crippen molar-refractivity contribution in [2.45, 2.75) is 57.8 Å². The molecule has 0 radical (unpaired) electrons. The summed E-state index contributed by atoms with van der Waals surface area (Å²) in [4.78, 5) is 22.3. The lowest BCUT2D eigenvalue weighted by molar-refractivity contribution is -0.137. The van der Waals surface area contributed by atoms with Crippen molar-refractivity contribution in [3.05, 3.63) is 34.3 Å². The molecule has 0 aromatic heterocycles. The standard InChI is InChI=1S/C18H26BrNO3/c19-16-11-9-10-15(14-16)18(23)20-13-8-6-4-2-1-3-5-7-12-17(21)22/h9-11,14H,1-8,12-13H2,(H,20,23)(H,21,22). The summed E-state index contributed by atoms with van der Waals surface area (Å²) in [6, 6.07) is 7.39. The van der Waals surface area contributed by atoms with E-state index < -0.39 is 5.97 Å². The van der Waals surface area contributed by atoms with Gasteiger partial charge in [-0.15, -0.1) is 0 Å². The van der Waals surface area contributed by atoms with Gasteiger partial charge >= 0.3 is 5.97 Å². The number of hydrogen-bond acceptors (Lipinski definition) is 2. The predicted octanol–water partition coefficient (Wildman–Crippen LogP) is 4.77. The topological polar surface area (TPSA) is 66.4 Å². The molecule has 0 spiro atoms. The summed E-state index contributed by atoms with van der Waals surface area (Å²) < 4.78 is 0.911. The Balaban J connectivity index is 1.93. The summed E-state index contributed by atoms with van der Waals surface area (Å²) in [7, 11) is 0. The number of amides is 1. The van der Waals surface area contributed by atoms with Gasteiger partial charge < -0.3 is 10.4 Å². The van der Waals surface area contributed by atoms with Gasteiger partial charge in [-0.05, 0) is 31.0 Å². The van der Waals surface area contributed by atoms with Gasteiger partial charge in [0.25, 0.3) is 5.91 Å². The van der Waals surface area contributed by atoms with Gasteiger partial charge in [0.15, 0.2) is 0 Å². The Bertz CT molecular complexity index is 491. The molecule has 2 N–H and O–H groups in total. The summed E-state index contributed by atoms with van der Waals surface area (Å²) in [6.07, 6.45) is 8.85. The molecule has 128 valence electrons. The number of carboxylic acid groups (broad SMARTS) is 1. The van der Waals surface area contributed by atoms with Gasteiger partial charge in [-0.3, -0.25) is 9.59 Å². The van der Waals surface area contributed by atoms with E-state index >= 15 is 0 Å². The highest BCUT2D eigenvalue weighted by atomic mass is 79.9. The minimum absolute atomic E-state index is 0.0234. The van der Waals surface area contributed by atoms with Crippen molar-refractivity contribution in [2.75, 3.05) is 6.54 Å². The van der Waals surface area contributed by atoms with E-state index in [2.05, 4.69) is 21.2 Å². The summed E-state index contributed by atoms with van der Waals surface area (Å²) in [5.74, 6) is -0.723. The molecule has 0 heterocycles. The third kappa shape index (κ3) is 10.1. The van der Waals surface area contributed by atoms with Crippen molar-refractivity contribution in [1.29, 1.82) is 0 Å². The van der Waals surface area contributed by atoms with Crippen LogP contribution in [-0.4, -0.2) is 23.5 Å². The molecular formula is C18H26BrNO3. The van der Waals surface area contributed by atoms with Crippen LogP contribution >= 0.6 is 15.9 Å². The molecular weight excluding hydrogens is 358 g/mol. The molecule has 0 bridgehead atoms. The normalized spacial score (nSPS) is 10.5. The monoisotopic (exact) mass is 383 g/mol. The Labute approximate surface area is 146 Å². The van der Waals surface area contributed by atoms with Gasteiger partial charge in [0, 0.05) is 23.0 Å². The molecule has 1 aromatic carbocycles. The lowest BCUT2D eigenvalue weighted by atomic mass is 10.1. The smallest absolute Gasteiger partial charge is 0.303 e. The molecule has 0 aliphatic carbocycles. The Hall–Kier alpha value is -1.36. The van der Waals surface area contributed by atoms with Crippen molar-refractivity contribution in [2.24, 2.45) is 0 Å². The van der Waals surface area contributed by atoms with Crippen molar-refractivity contribution in [3.63, 3.8) is 0 Å².